The lowest BCUT2D eigenvalue weighted by molar-refractivity contribution is 0.598. The van der Waals surface area contributed by atoms with Crippen molar-refractivity contribution in [1.82, 2.24) is 5.32 Å². The van der Waals surface area contributed by atoms with Crippen molar-refractivity contribution < 1.29 is 0 Å². The van der Waals surface area contributed by atoms with Gasteiger partial charge in [-0.2, -0.15) is 0 Å². The van der Waals surface area contributed by atoms with E-state index in [1.54, 1.807) is 0 Å². The number of unbranched alkanes of at least 4 members (excludes halogenated alkanes) is 4. The van der Waals surface area contributed by atoms with Gasteiger partial charge < -0.3 is 5.32 Å². The van der Waals surface area contributed by atoms with E-state index < -0.39 is 0 Å². The molecule has 0 saturated carbocycles. The number of hydrogen-bond donors (Lipinski definition) is 1. The van der Waals surface area contributed by atoms with Crippen molar-refractivity contribution in [1.29, 1.82) is 0 Å². The monoisotopic (exact) mass is 237 g/mol. The van der Waals surface area contributed by atoms with Gasteiger partial charge in [0.1, 0.15) is 0 Å². The number of hydrogen-bond acceptors (Lipinski definition) is 3. The first-order chi connectivity index (χ1) is 8.35. The molecule has 0 amide bonds. The summed E-state index contributed by atoms with van der Waals surface area (Å²) in [5, 5.41) is 3.17. The molecule has 0 aromatic rings. The van der Waals surface area contributed by atoms with Gasteiger partial charge in [0.25, 0.3) is 0 Å². The zero-order valence-electron chi connectivity index (χ0n) is 11.4. The summed E-state index contributed by atoms with van der Waals surface area (Å²) in [6.45, 7) is 7.50. The standard InChI is InChI=1S/C14H27N3/c1-4-17-13-14(12-16-3)10-8-6-5-7-9-11-15-2/h12-13,15H,3-11H2,1-2H3/b14-12-,17-13?. The quantitative estimate of drug-likeness (QED) is 0.435. The van der Waals surface area contributed by atoms with Crippen LogP contribution in [0.2, 0.25) is 0 Å². The third-order valence-electron chi connectivity index (χ3n) is 2.59. The zero-order chi connectivity index (χ0) is 12.8. The molecule has 0 aliphatic carbocycles. The zero-order valence-corrected chi connectivity index (χ0v) is 11.4. The number of nitrogens with zero attached hydrogens (tertiary/aromatic N) is 2. The first-order valence-corrected chi connectivity index (χ1v) is 6.64. The molecule has 0 aliphatic heterocycles. The van der Waals surface area contributed by atoms with Gasteiger partial charge in [-0.1, -0.05) is 19.3 Å². The van der Waals surface area contributed by atoms with Gasteiger partial charge in [-0.15, -0.1) is 0 Å². The molecule has 0 unspecified atom stereocenters. The van der Waals surface area contributed by atoms with Crippen molar-refractivity contribution in [3.05, 3.63) is 11.8 Å². The van der Waals surface area contributed by atoms with Crippen molar-refractivity contribution in [2.24, 2.45) is 9.98 Å². The summed E-state index contributed by atoms with van der Waals surface area (Å²) >= 11 is 0. The molecule has 0 atom stereocenters. The fourth-order valence-electron chi connectivity index (χ4n) is 1.65. The lowest BCUT2D eigenvalue weighted by Crippen LogP contribution is -2.06. The molecule has 3 heteroatoms. The molecule has 0 aromatic heterocycles. The van der Waals surface area contributed by atoms with Crippen molar-refractivity contribution in [2.75, 3.05) is 20.1 Å². The van der Waals surface area contributed by atoms with Crippen LogP contribution in [0.25, 0.3) is 0 Å². The second-order valence-electron chi connectivity index (χ2n) is 4.14. The highest BCUT2D eigenvalue weighted by atomic mass is 14.8. The van der Waals surface area contributed by atoms with Gasteiger partial charge in [0.05, 0.1) is 0 Å². The fourth-order valence-corrected chi connectivity index (χ4v) is 1.65. The first-order valence-electron chi connectivity index (χ1n) is 6.64. The van der Waals surface area contributed by atoms with Gasteiger partial charge in [0.15, 0.2) is 0 Å². The maximum Gasteiger partial charge on any atom is 0.0361 e. The lowest BCUT2D eigenvalue weighted by atomic mass is 10.1. The maximum absolute atomic E-state index is 4.24. The maximum atomic E-state index is 4.24. The molecule has 3 nitrogen and oxygen atoms in total. The minimum Gasteiger partial charge on any atom is -0.320 e. The smallest absolute Gasteiger partial charge is 0.0361 e. The Bertz CT molecular complexity index is 232. The molecular formula is C14H27N3. The molecular weight excluding hydrogens is 210 g/mol. The van der Waals surface area contributed by atoms with Crippen LogP contribution in [0, 0.1) is 0 Å². The van der Waals surface area contributed by atoms with Crippen LogP contribution in [-0.2, 0) is 0 Å². The summed E-state index contributed by atoms with van der Waals surface area (Å²) in [5.41, 5.74) is 1.19. The number of aliphatic imine (C=N–C) groups is 2. The summed E-state index contributed by atoms with van der Waals surface area (Å²) < 4.78 is 0. The summed E-state index contributed by atoms with van der Waals surface area (Å²) in [5.74, 6) is 0. The van der Waals surface area contributed by atoms with E-state index in [-0.39, 0.29) is 0 Å². The normalized spacial score (nSPS) is 12.2. The Morgan fingerprint density at radius 3 is 2.53 bits per heavy atom. The fraction of sp³-hybridized carbons (Fsp3) is 0.714. The largest absolute Gasteiger partial charge is 0.320 e. The molecule has 0 aliphatic rings. The van der Waals surface area contributed by atoms with Gasteiger partial charge >= 0.3 is 0 Å². The van der Waals surface area contributed by atoms with Gasteiger partial charge in [-0.3, -0.25) is 9.98 Å². The van der Waals surface area contributed by atoms with Crippen molar-refractivity contribution in [3.8, 4) is 0 Å². The van der Waals surface area contributed by atoms with E-state index in [1.165, 1.54) is 37.7 Å². The van der Waals surface area contributed by atoms with Crippen molar-refractivity contribution in [3.63, 3.8) is 0 Å². The number of allylic oxidation sites excluding steroid dienone is 1. The molecule has 1 N–H and O–H groups in total. The summed E-state index contributed by atoms with van der Waals surface area (Å²) in [7, 11) is 2.01. The van der Waals surface area contributed by atoms with Crippen LogP contribution >= 0.6 is 0 Å². The van der Waals surface area contributed by atoms with Crippen LogP contribution in [0.4, 0.5) is 0 Å². The molecule has 0 aromatic carbocycles. The van der Waals surface area contributed by atoms with Gasteiger partial charge in [-0.25, -0.2) is 0 Å². The van der Waals surface area contributed by atoms with E-state index in [4.69, 9.17) is 0 Å². The predicted molar refractivity (Wildman–Crippen MR) is 78.3 cm³/mol. The molecule has 0 bridgehead atoms. The van der Waals surface area contributed by atoms with E-state index in [9.17, 15) is 0 Å². The van der Waals surface area contributed by atoms with Crippen molar-refractivity contribution >= 4 is 12.9 Å². The van der Waals surface area contributed by atoms with E-state index in [1.807, 2.05) is 26.4 Å². The van der Waals surface area contributed by atoms with Gasteiger partial charge in [0, 0.05) is 19.0 Å². The third-order valence-corrected chi connectivity index (χ3v) is 2.59. The topological polar surface area (TPSA) is 36.8 Å². The molecule has 0 rings (SSSR count). The first kappa shape index (κ1) is 16.0. The Balaban J connectivity index is 3.58. The predicted octanol–water partition coefficient (Wildman–Crippen LogP) is 3.22. The second kappa shape index (κ2) is 13.1. The van der Waals surface area contributed by atoms with Crippen LogP contribution in [0.1, 0.15) is 45.4 Å². The van der Waals surface area contributed by atoms with Crippen LogP contribution in [-0.4, -0.2) is 33.1 Å². The van der Waals surface area contributed by atoms with Crippen LogP contribution in [0.5, 0.6) is 0 Å². The number of rotatable bonds is 11. The number of nitrogens with one attached hydrogen (secondary N) is 1. The summed E-state index contributed by atoms with van der Waals surface area (Å²) in [4.78, 5) is 8.06. The van der Waals surface area contributed by atoms with Gasteiger partial charge in [-0.05, 0) is 52.1 Å². The Morgan fingerprint density at radius 1 is 1.18 bits per heavy atom. The summed E-state index contributed by atoms with van der Waals surface area (Å²) in [6, 6.07) is 0. The Kier molecular flexibility index (Phi) is 12.4. The van der Waals surface area contributed by atoms with E-state index in [0.29, 0.717) is 0 Å². The Labute approximate surface area is 106 Å². The molecule has 0 radical (unpaired) electrons. The average molecular weight is 237 g/mol. The highest BCUT2D eigenvalue weighted by Crippen LogP contribution is 2.10. The molecule has 0 heterocycles. The van der Waals surface area contributed by atoms with Crippen molar-refractivity contribution in [2.45, 2.75) is 45.4 Å². The molecule has 0 spiro atoms. The second-order valence-corrected chi connectivity index (χ2v) is 4.14. The summed E-state index contributed by atoms with van der Waals surface area (Å²) in [6.07, 6.45) is 11.2. The molecule has 17 heavy (non-hydrogen) atoms. The average Bonchev–Trinajstić information content (AvgIpc) is 2.34. The molecule has 0 fully saturated rings. The third kappa shape index (κ3) is 11.3. The van der Waals surface area contributed by atoms with E-state index in [2.05, 4.69) is 22.0 Å². The highest BCUT2D eigenvalue weighted by Gasteiger charge is 1.95. The minimum atomic E-state index is 0.832. The molecule has 98 valence electrons. The molecule has 0 saturated heterocycles. The van der Waals surface area contributed by atoms with Crippen LogP contribution in [0.3, 0.4) is 0 Å². The van der Waals surface area contributed by atoms with E-state index >= 15 is 0 Å². The van der Waals surface area contributed by atoms with E-state index in [0.717, 1.165) is 19.5 Å². The Hall–Kier alpha value is -0.960. The SMILES string of the molecule is C=N/C=C(\C=NCC)CCCCCCCNC. The van der Waals surface area contributed by atoms with Crippen LogP contribution in [0.15, 0.2) is 21.8 Å². The lowest BCUT2D eigenvalue weighted by Gasteiger charge is -2.02. The van der Waals surface area contributed by atoms with Gasteiger partial charge in [0.2, 0.25) is 0 Å². The highest BCUT2D eigenvalue weighted by molar-refractivity contribution is 5.78. The Morgan fingerprint density at radius 2 is 1.88 bits per heavy atom. The minimum absolute atomic E-state index is 0.832. The van der Waals surface area contributed by atoms with Crippen LogP contribution < -0.4 is 5.32 Å².